The molecule has 1 saturated heterocycles. The lowest BCUT2D eigenvalue weighted by Gasteiger charge is -2.33. The molecule has 10 heteroatoms. The van der Waals surface area contributed by atoms with E-state index in [9.17, 15) is 18.8 Å². The van der Waals surface area contributed by atoms with Crippen molar-refractivity contribution in [2.45, 2.75) is 58.1 Å². The molecule has 206 valence electrons. The maximum absolute atomic E-state index is 13.0. The van der Waals surface area contributed by atoms with Gasteiger partial charge in [-0.05, 0) is 82.0 Å². The van der Waals surface area contributed by atoms with Gasteiger partial charge in [0.05, 0.1) is 0 Å². The van der Waals surface area contributed by atoms with E-state index in [1.54, 1.807) is 4.90 Å². The number of piperidine rings is 1. The highest BCUT2D eigenvalue weighted by Crippen LogP contribution is 2.18. The number of anilines is 2. The van der Waals surface area contributed by atoms with Gasteiger partial charge in [0.25, 0.3) is 0 Å². The Morgan fingerprint density at radius 1 is 0.921 bits per heavy atom. The van der Waals surface area contributed by atoms with Gasteiger partial charge in [-0.2, -0.15) is 0 Å². The standard InChI is InChI=1S/C28H38FN5O4/c1-28(2,3)38-27(37)31-16-12-20-4-8-22(9-5-20)32-24-14-18-34(19-15-24)26(36)30-17-13-25(35)33-23-10-6-21(29)7-11-23/h4-11,24,32H,12-19H2,1-3H3,(H,30,36)(H,31,37)(H,33,35). The van der Waals surface area contributed by atoms with Crippen molar-refractivity contribution in [1.29, 1.82) is 0 Å². The third-order valence-electron chi connectivity index (χ3n) is 5.95. The molecule has 2 aromatic carbocycles. The summed E-state index contributed by atoms with van der Waals surface area (Å²) in [6, 6.07) is 13.7. The normalized spacial score (nSPS) is 13.9. The van der Waals surface area contributed by atoms with Crippen molar-refractivity contribution in [2.75, 3.05) is 36.8 Å². The molecule has 0 radical (unpaired) electrons. The van der Waals surface area contributed by atoms with Gasteiger partial charge in [0, 0.05) is 50.0 Å². The second-order valence-electron chi connectivity index (χ2n) is 10.3. The summed E-state index contributed by atoms with van der Waals surface area (Å²) in [5, 5.41) is 11.8. The number of hydrogen-bond acceptors (Lipinski definition) is 5. The van der Waals surface area contributed by atoms with Gasteiger partial charge in [0.15, 0.2) is 0 Å². The van der Waals surface area contributed by atoms with Crippen LogP contribution in [0.1, 0.15) is 45.6 Å². The van der Waals surface area contributed by atoms with Crippen LogP contribution in [0.2, 0.25) is 0 Å². The molecular formula is C28H38FN5O4. The van der Waals surface area contributed by atoms with Crippen molar-refractivity contribution in [3.05, 3.63) is 59.9 Å². The number of carbonyl (C=O) groups is 3. The van der Waals surface area contributed by atoms with Gasteiger partial charge in [-0.25, -0.2) is 14.0 Å². The molecule has 1 aliphatic heterocycles. The van der Waals surface area contributed by atoms with Crippen LogP contribution in [0.3, 0.4) is 0 Å². The Balaban J connectivity index is 1.30. The van der Waals surface area contributed by atoms with Crippen molar-refractivity contribution in [1.82, 2.24) is 15.5 Å². The molecule has 4 amide bonds. The van der Waals surface area contributed by atoms with Gasteiger partial charge in [0.2, 0.25) is 5.91 Å². The molecule has 1 heterocycles. The number of hydrogen-bond donors (Lipinski definition) is 4. The molecule has 0 aromatic heterocycles. The number of benzene rings is 2. The third-order valence-corrected chi connectivity index (χ3v) is 5.95. The molecule has 0 bridgehead atoms. The molecule has 0 unspecified atom stereocenters. The van der Waals surface area contributed by atoms with Crippen LogP contribution in [0.25, 0.3) is 0 Å². The molecule has 0 atom stereocenters. The minimum absolute atomic E-state index is 0.133. The van der Waals surface area contributed by atoms with Crippen molar-refractivity contribution in [3.63, 3.8) is 0 Å². The van der Waals surface area contributed by atoms with Gasteiger partial charge < -0.3 is 30.9 Å². The Hall–Kier alpha value is -3.82. The number of ether oxygens (including phenoxy) is 1. The first-order valence-corrected chi connectivity index (χ1v) is 13.0. The summed E-state index contributed by atoms with van der Waals surface area (Å²) in [7, 11) is 0. The summed E-state index contributed by atoms with van der Waals surface area (Å²) in [6.45, 7) is 7.47. The predicted molar refractivity (Wildman–Crippen MR) is 146 cm³/mol. The number of nitrogens with zero attached hydrogens (tertiary/aromatic N) is 1. The molecule has 0 saturated carbocycles. The minimum Gasteiger partial charge on any atom is -0.444 e. The number of likely N-dealkylation sites (tertiary alicyclic amines) is 1. The molecule has 2 aromatic rings. The highest BCUT2D eigenvalue weighted by atomic mass is 19.1. The molecule has 0 aliphatic carbocycles. The van der Waals surface area contributed by atoms with E-state index >= 15 is 0 Å². The molecule has 1 aliphatic rings. The van der Waals surface area contributed by atoms with E-state index in [2.05, 4.69) is 21.3 Å². The SMILES string of the molecule is CC(C)(C)OC(=O)NCCc1ccc(NC2CCN(C(=O)NCCC(=O)Nc3ccc(F)cc3)CC2)cc1. The lowest BCUT2D eigenvalue weighted by atomic mass is 10.0. The van der Waals surface area contributed by atoms with E-state index in [0.717, 1.165) is 24.1 Å². The first-order chi connectivity index (χ1) is 18.1. The van der Waals surface area contributed by atoms with E-state index in [0.29, 0.717) is 31.7 Å². The number of nitrogens with one attached hydrogen (secondary N) is 4. The fourth-order valence-electron chi connectivity index (χ4n) is 4.00. The van der Waals surface area contributed by atoms with Crippen LogP contribution in [0, 0.1) is 5.82 Å². The average Bonchev–Trinajstić information content (AvgIpc) is 2.86. The minimum atomic E-state index is -0.511. The number of rotatable bonds is 9. The summed E-state index contributed by atoms with van der Waals surface area (Å²) in [6.07, 6.45) is 2.07. The lowest BCUT2D eigenvalue weighted by Crippen LogP contribution is -2.47. The van der Waals surface area contributed by atoms with Crippen LogP contribution in [-0.4, -0.2) is 60.8 Å². The van der Waals surface area contributed by atoms with Gasteiger partial charge >= 0.3 is 12.1 Å². The van der Waals surface area contributed by atoms with E-state index < -0.39 is 11.7 Å². The van der Waals surface area contributed by atoms with Crippen molar-refractivity contribution in [3.8, 4) is 0 Å². The van der Waals surface area contributed by atoms with E-state index in [-0.39, 0.29) is 36.8 Å². The Morgan fingerprint density at radius 2 is 1.55 bits per heavy atom. The Labute approximate surface area is 223 Å². The smallest absolute Gasteiger partial charge is 0.407 e. The molecule has 9 nitrogen and oxygen atoms in total. The zero-order valence-electron chi connectivity index (χ0n) is 22.3. The summed E-state index contributed by atoms with van der Waals surface area (Å²) in [5.74, 6) is -0.612. The fourth-order valence-corrected chi connectivity index (χ4v) is 4.00. The molecular weight excluding hydrogens is 489 g/mol. The molecule has 0 spiro atoms. The van der Waals surface area contributed by atoms with E-state index in [4.69, 9.17) is 4.74 Å². The highest BCUT2D eigenvalue weighted by Gasteiger charge is 2.22. The van der Waals surface area contributed by atoms with Crippen LogP contribution < -0.4 is 21.3 Å². The number of alkyl carbamates (subject to hydrolysis) is 1. The summed E-state index contributed by atoms with van der Waals surface area (Å²) < 4.78 is 18.2. The van der Waals surface area contributed by atoms with Crippen LogP contribution in [0.4, 0.5) is 25.4 Å². The Morgan fingerprint density at radius 3 is 2.18 bits per heavy atom. The van der Waals surface area contributed by atoms with Crippen LogP contribution in [0.5, 0.6) is 0 Å². The number of halogens is 1. The average molecular weight is 528 g/mol. The quantitative estimate of drug-likeness (QED) is 0.384. The molecule has 1 fully saturated rings. The first kappa shape index (κ1) is 28.7. The maximum Gasteiger partial charge on any atom is 0.407 e. The molecule has 3 rings (SSSR count). The van der Waals surface area contributed by atoms with Crippen molar-refractivity contribution in [2.24, 2.45) is 0 Å². The monoisotopic (exact) mass is 527 g/mol. The topological polar surface area (TPSA) is 112 Å². The highest BCUT2D eigenvalue weighted by molar-refractivity contribution is 5.91. The zero-order valence-corrected chi connectivity index (χ0v) is 22.3. The van der Waals surface area contributed by atoms with Crippen LogP contribution in [0.15, 0.2) is 48.5 Å². The second-order valence-corrected chi connectivity index (χ2v) is 10.3. The third kappa shape index (κ3) is 10.3. The van der Waals surface area contributed by atoms with Gasteiger partial charge in [0.1, 0.15) is 11.4 Å². The molecule has 4 N–H and O–H groups in total. The summed E-state index contributed by atoms with van der Waals surface area (Å²) in [5.41, 5.74) is 2.14. The predicted octanol–water partition coefficient (Wildman–Crippen LogP) is 4.51. The first-order valence-electron chi connectivity index (χ1n) is 13.0. The number of carbonyl (C=O) groups excluding carboxylic acids is 3. The Bertz CT molecular complexity index is 1060. The molecule has 38 heavy (non-hydrogen) atoms. The zero-order chi connectivity index (χ0) is 27.5. The number of urea groups is 1. The van der Waals surface area contributed by atoms with Crippen LogP contribution in [-0.2, 0) is 16.0 Å². The lowest BCUT2D eigenvalue weighted by molar-refractivity contribution is -0.116. The van der Waals surface area contributed by atoms with E-state index in [1.807, 2.05) is 45.0 Å². The summed E-state index contributed by atoms with van der Waals surface area (Å²) in [4.78, 5) is 38.0. The van der Waals surface area contributed by atoms with Gasteiger partial charge in [-0.3, -0.25) is 4.79 Å². The van der Waals surface area contributed by atoms with Crippen LogP contribution >= 0.6 is 0 Å². The largest absolute Gasteiger partial charge is 0.444 e. The number of amides is 4. The van der Waals surface area contributed by atoms with Crippen molar-refractivity contribution >= 4 is 29.4 Å². The fraction of sp³-hybridized carbons (Fsp3) is 0.464. The second kappa shape index (κ2) is 13.6. The summed E-state index contributed by atoms with van der Waals surface area (Å²) >= 11 is 0. The van der Waals surface area contributed by atoms with Gasteiger partial charge in [-0.1, -0.05) is 12.1 Å². The maximum atomic E-state index is 13.0. The van der Waals surface area contributed by atoms with Crippen molar-refractivity contribution < 1.29 is 23.5 Å². The Kier molecular flexibility index (Phi) is 10.3. The van der Waals surface area contributed by atoms with E-state index in [1.165, 1.54) is 24.3 Å². The van der Waals surface area contributed by atoms with Gasteiger partial charge in [-0.15, -0.1) is 0 Å².